The molecule has 0 radical (unpaired) electrons. The van der Waals surface area contributed by atoms with Gasteiger partial charge in [-0.05, 0) is 44.9 Å². The van der Waals surface area contributed by atoms with E-state index in [4.69, 9.17) is 5.73 Å². The van der Waals surface area contributed by atoms with E-state index in [1.807, 2.05) is 0 Å². The highest BCUT2D eigenvalue weighted by Gasteiger charge is 2.28. The van der Waals surface area contributed by atoms with Gasteiger partial charge in [0.1, 0.15) is 10.8 Å². The highest BCUT2D eigenvalue weighted by Crippen LogP contribution is 2.38. The van der Waals surface area contributed by atoms with Crippen LogP contribution in [-0.2, 0) is 24.2 Å². The number of aryl methyl sites for hydroxylation is 1. The molecule has 0 spiro atoms. The summed E-state index contributed by atoms with van der Waals surface area (Å²) in [6, 6.07) is 6.01. The second-order valence-corrected chi connectivity index (χ2v) is 7.70. The van der Waals surface area contributed by atoms with Crippen LogP contribution in [0.25, 0.3) is 0 Å². The van der Waals surface area contributed by atoms with Gasteiger partial charge in [-0.25, -0.2) is 4.39 Å². The van der Waals surface area contributed by atoms with Gasteiger partial charge < -0.3 is 11.1 Å². The monoisotopic (exact) mass is 375 g/mol. The van der Waals surface area contributed by atoms with Gasteiger partial charge >= 0.3 is 0 Å². The summed E-state index contributed by atoms with van der Waals surface area (Å²) in [5.74, 6) is -1.05. The summed E-state index contributed by atoms with van der Waals surface area (Å²) in [4.78, 5) is 27.4. The standard InChI is InChI=1S/C19H22FN3O2S/c1-11(23(2)10-12-6-3-4-8-14(12)20)18(25)22-19-16(17(21)24)13-7-5-9-15(13)26-19/h3-4,6,8,11H,5,7,9-10H2,1-2H3,(H2,21,24)(H,22,25). The molecule has 3 rings (SSSR count). The van der Waals surface area contributed by atoms with E-state index in [9.17, 15) is 14.0 Å². The molecule has 0 aliphatic heterocycles. The van der Waals surface area contributed by atoms with Gasteiger partial charge in [-0.1, -0.05) is 18.2 Å². The van der Waals surface area contributed by atoms with Crippen molar-refractivity contribution in [3.63, 3.8) is 0 Å². The van der Waals surface area contributed by atoms with Gasteiger partial charge in [0, 0.05) is 17.0 Å². The van der Waals surface area contributed by atoms with Gasteiger partial charge in [0.05, 0.1) is 11.6 Å². The Morgan fingerprint density at radius 1 is 1.35 bits per heavy atom. The molecule has 1 aliphatic rings. The van der Waals surface area contributed by atoms with Crippen molar-refractivity contribution >= 4 is 28.2 Å². The van der Waals surface area contributed by atoms with Gasteiger partial charge in [-0.15, -0.1) is 11.3 Å². The van der Waals surface area contributed by atoms with Crippen LogP contribution in [0.3, 0.4) is 0 Å². The number of hydrogen-bond donors (Lipinski definition) is 2. The molecular weight excluding hydrogens is 353 g/mol. The van der Waals surface area contributed by atoms with Gasteiger partial charge in [0.25, 0.3) is 5.91 Å². The first-order valence-electron chi connectivity index (χ1n) is 8.57. The smallest absolute Gasteiger partial charge is 0.251 e. The topological polar surface area (TPSA) is 75.4 Å². The zero-order valence-corrected chi connectivity index (χ0v) is 15.7. The van der Waals surface area contributed by atoms with Gasteiger partial charge in [0.15, 0.2) is 0 Å². The normalized spacial score (nSPS) is 14.3. The van der Waals surface area contributed by atoms with Crippen molar-refractivity contribution in [3.8, 4) is 0 Å². The van der Waals surface area contributed by atoms with Gasteiger partial charge in [-0.3, -0.25) is 14.5 Å². The highest BCUT2D eigenvalue weighted by molar-refractivity contribution is 7.17. The number of fused-ring (bicyclic) bond motifs is 1. The Morgan fingerprint density at radius 3 is 2.77 bits per heavy atom. The SMILES string of the molecule is CC(C(=O)Nc1sc2c(c1C(N)=O)CCC2)N(C)Cc1ccccc1F. The van der Waals surface area contributed by atoms with E-state index in [0.717, 1.165) is 29.7 Å². The van der Waals surface area contributed by atoms with E-state index in [-0.39, 0.29) is 11.7 Å². The lowest BCUT2D eigenvalue weighted by Crippen LogP contribution is -2.39. The Labute approximate surface area is 156 Å². The number of anilines is 1. The fourth-order valence-corrected chi connectivity index (χ4v) is 4.50. The molecule has 1 aliphatic carbocycles. The van der Waals surface area contributed by atoms with E-state index in [2.05, 4.69) is 5.32 Å². The van der Waals surface area contributed by atoms with Crippen molar-refractivity contribution in [2.75, 3.05) is 12.4 Å². The predicted molar refractivity (Wildman–Crippen MR) is 101 cm³/mol. The molecular formula is C19H22FN3O2S. The quantitative estimate of drug-likeness (QED) is 0.815. The number of nitrogens with two attached hydrogens (primary N) is 1. The number of thiophene rings is 1. The van der Waals surface area contributed by atoms with Crippen LogP contribution in [0.15, 0.2) is 24.3 Å². The van der Waals surface area contributed by atoms with Crippen LogP contribution in [0.1, 0.15) is 39.7 Å². The van der Waals surface area contributed by atoms with Crippen molar-refractivity contribution < 1.29 is 14.0 Å². The summed E-state index contributed by atoms with van der Waals surface area (Å²) in [7, 11) is 1.76. The first kappa shape index (κ1) is 18.5. The lowest BCUT2D eigenvalue weighted by Gasteiger charge is -2.24. The maximum absolute atomic E-state index is 13.8. The van der Waals surface area contributed by atoms with E-state index in [0.29, 0.717) is 22.7 Å². The molecule has 0 bridgehead atoms. The van der Waals surface area contributed by atoms with Crippen LogP contribution in [0.5, 0.6) is 0 Å². The second-order valence-electron chi connectivity index (χ2n) is 6.60. The Kier molecular flexibility index (Phi) is 5.38. The van der Waals surface area contributed by atoms with Crippen LogP contribution in [-0.4, -0.2) is 29.8 Å². The van der Waals surface area contributed by atoms with E-state index in [1.165, 1.54) is 17.4 Å². The average Bonchev–Trinajstić information content (AvgIpc) is 3.16. The Balaban J connectivity index is 1.72. The maximum atomic E-state index is 13.8. The molecule has 1 atom stereocenters. The minimum atomic E-state index is -0.507. The van der Waals surface area contributed by atoms with E-state index >= 15 is 0 Å². The van der Waals surface area contributed by atoms with Gasteiger partial charge in [-0.2, -0.15) is 0 Å². The zero-order valence-electron chi connectivity index (χ0n) is 14.8. The molecule has 1 heterocycles. The predicted octanol–water partition coefficient (Wildman–Crippen LogP) is 2.93. The third kappa shape index (κ3) is 3.64. The summed E-state index contributed by atoms with van der Waals surface area (Å²) < 4.78 is 13.8. The number of amides is 2. The average molecular weight is 375 g/mol. The summed E-state index contributed by atoms with van der Waals surface area (Å²) >= 11 is 1.43. The van der Waals surface area contributed by atoms with Crippen molar-refractivity contribution in [1.29, 1.82) is 0 Å². The van der Waals surface area contributed by atoms with Crippen molar-refractivity contribution in [2.45, 2.75) is 38.8 Å². The molecule has 0 fully saturated rings. The number of halogens is 1. The summed E-state index contributed by atoms with van der Waals surface area (Å²) in [6.45, 7) is 2.06. The molecule has 1 unspecified atom stereocenters. The number of primary amides is 1. The van der Waals surface area contributed by atoms with Crippen LogP contribution < -0.4 is 11.1 Å². The largest absolute Gasteiger partial charge is 0.365 e. The molecule has 1 aromatic carbocycles. The Hall–Kier alpha value is -2.25. The first-order chi connectivity index (χ1) is 12.4. The second kappa shape index (κ2) is 7.55. The lowest BCUT2D eigenvalue weighted by atomic mass is 10.1. The number of nitrogens with zero attached hydrogens (tertiary/aromatic N) is 1. The van der Waals surface area contributed by atoms with E-state index in [1.54, 1.807) is 37.1 Å². The van der Waals surface area contributed by atoms with E-state index < -0.39 is 11.9 Å². The molecule has 2 aromatic rings. The molecule has 7 heteroatoms. The number of likely N-dealkylation sites (N-methyl/N-ethyl adjacent to an activating group) is 1. The maximum Gasteiger partial charge on any atom is 0.251 e. The molecule has 0 saturated carbocycles. The number of benzene rings is 1. The lowest BCUT2D eigenvalue weighted by molar-refractivity contribution is -0.120. The number of nitrogens with one attached hydrogen (secondary N) is 1. The fraction of sp³-hybridized carbons (Fsp3) is 0.368. The first-order valence-corrected chi connectivity index (χ1v) is 9.39. The van der Waals surface area contributed by atoms with Crippen LogP contribution in [0.2, 0.25) is 0 Å². The fourth-order valence-electron chi connectivity index (χ4n) is 3.20. The number of rotatable bonds is 6. The highest BCUT2D eigenvalue weighted by atomic mass is 32.1. The van der Waals surface area contributed by atoms with Gasteiger partial charge in [0.2, 0.25) is 5.91 Å². The van der Waals surface area contributed by atoms with Crippen LogP contribution in [0.4, 0.5) is 9.39 Å². The molecule has 1 aromatic heterocycles. The van der Waals surface area contributed by atoms with Crippen LogP contribution >= 0.6 is 11.3 Å². The molecule has 26 heavy (non-hydrogen) atoms. The summed E-state index contributed by atoms with van der Waals surface area (Å²) in [5, 5.41) is 3.37. The molecule has 3 N–H and O–H groups in total. The van der Waals surface area contributed by atoms with Crippen molar-refractivity contribution in [3.05, 3.63) is 51.7 Å². The number of carbonyl (C=O) groups excluding carboxylic acids is 2. The van der Waals surface area contributed by atoms with Crippen molar-refractivity contribution in [2.24, 2.45) is 5.73 Å². The number of hydrogen-bond acceptors (Lipinski definition) is 4. The molecule has 138 valence electrons. The minimum Gasteiger partial charge on any atom is -0.365 e. The third-order valence-corrected chi connectivity index (χ3v) is 6.03. The Morgan fingerprint density at radius 2 is 2.08 bits per heavy atom. The Bertz CT molecular complexity index is 849. The molecule has 0 saturated heterocycles. The zero-order chi connectivity index (χ0) is 18.8. The number of carbonyl (C=O) groups is 2. The molecule has 5 nitrogen and oxygen atoms in total. The minimum absolute atomic E-state index is 0.244. The summed E-state index contributed by atoms with van der Waals surface area (Å²) in [6.07, 6.45) is 2.75. The van der Waals surface area contributed by atoms with Crippen LogP contribution in [0, 0.1) is 5.82 Å². The molecule has 2 amide bonds. The summed E-state index contributed by atoms with van der Waals surface area (Å²) in [5.41, 5.74) is 7.48. The third-order valence-electron chi connectivity index (χ3n) is 4.82. The van der Waals surface area contributed by atoms with Crippen molar-refractivity contribution in [1.82, 2.24) is 4.90 Å².